The molecule has 0 N–H and O–H groups in total. The minimum absolute atomic E-state index is 1.12. The van der Waals surface area contributed by atoms with Gasteiger partial charge < -0.3 is 4.90 Å². The topological polar surface area (TPSA) is 3.24 Å². The standard InChI is InChI=1S/C12H19N/c1-4-10-13(3)12-8-6-11(5-2)7-9-12/h6-9H,4-5,10H2,1-3H3. The van der Waals surface area contributed by atoms with E-state index in [-0.39, 0.29) is 0 Å². The quantitative estimate of drug-likeness (QED) is 0.683. The Hall–Kier alpha value is -0.980. The van der Waals surface area contributed by atoms with E-state index in [0.29, 0.717) is 0 Å². The largest absolute Gasteiger partial charge is 0.375 e. The maximum absolute atomic E-state index is 2.29. The van der Waals surface area contributed by atoms with E-state index in [4.69, 9.17) is 0 Å². The Morgan fingerprint density at radius 3 is 2.15 bits per heavy atom. The third-order valence-corrected chi connectivity index (χ3v) is 2.34. The lowest BCUT2D eigenvalue weighted by molar-refractivity contribution is 0.852. The molecule has 1 aromatic rings. The number of benzene rings is 1. The highest BCUT2D eigenvalue weighted by Gasteiger charge is 1.97. The van der Waals surface area contributed by atoms with Gasteiger partial charge in [-0.15, -0.1) is 0 Å². The predicted octanol–water partition coefficient (Wildman–Crippen LogP) is 3.10. The van der Waals surface area contributed by atoms with Crippen LogP contribution in [0.1, 0.15) is 25.8 Å². The van der Waals surface area contributed by atoms with E-state index in [2.05, 4.69) is 50.1 Å². The van der Waals surface area contributed by atoms with Crippen LogP contribution in [0.15, 0.2) is 24.3 Å². The minimum atomic E-state index is 1.12. The van der Waals surface area contributed by atoms with Crippen molar-refractivity contribution in [2.75, 3.05) is 18.5 Å². The highest BCUT2D eigenvalue weighted by Crippen LogP contribution is 2.13. The van der Waals surface area contributed by atoms with Crippen LogP contribution in [0.2, 0.25) is 0 Å². The molecule has 0 radical (unpaired) electrons. The zero-order chi connectivity index (χ0) is 9.68. The lowest BCUT2D eigenvalue weighted by Crippen LogP contribution is -2.17. The Morgan fingerprint density at radius 1 is 1.08 bits per heavy atom. The second-order valence-corrected chi connectivity index (χ2v) is 3.44. The fourth-order valence-corrected chi connectivity index (χ4v) is 1.45. The summed E-state index contributed by atoms with van der Waals surface area (Å²) in [6, 6.07) is 8.83. The highest BCUT2D eigenvalue weighted by atomic mass is 15.1. The maximum atomic E-state index is 2.29. The zero-order valence-electron chi connectivity index (χ0n) is 8.88. The van der Waals surface area contributed by atoms with Crippen molar-refractivity contribution < 1.29 is 0 Å². The number of hydrogen-bond donors (Lipinski definition) is 0. The molecule has 0 unspecified atom stereocenters. The third-order valence-electron chi connectivity index (χ3n) is 2.34. The molecule has 0 amide bonds. The molecule has 1 aromatic carbocycles. The molecule has 13 heavy (non-hydrogen) atoms. The van der Waals surface area contributed by atoms with Crippen molar-refractivity contribution in [3.05, 3.63) is 29.8 Å². The molecule has 0 aromatic heterocycles. The Labute approximate surface area is 81.4 Å². The van der Waals surface area contributed by atoms with Gasteiger partial charge in [-0.25, -0.2) is 0 Å². The maximum Gasteiger partial charge on any atom is 0.0363 e. The Morgan fingerprint density at radius 2 is 1.69 bits per heavy atom. The van der Waals surface area contributed by atoms with Gasteiger partial charge in [0.1, 0.15) is 0 Å². The molecule has 1 nitrogen and oxygen atoms in total. The van der Waals surface area contributed by atoms with E-state index >= 15 is 0 Å². The molecule has 0 bridgehead atoms. The molecule has 0 fully saturated rings. The van der Waals surface area contributed by atoms with Gasteiger partial charge in [0.2, 0.25) is 0 Å². The van der Waals surface area contributed by atoms with Crippen molar-refractivity contribution in [3.63, 3.8) is 0 Å². The first-order valence-electron chi connectivity index (χ1n) is 5.08. The summed E-state index contributed by atoms with van der Waals surface area (Å²) >= 11 is 0. The van der Waals surface area contributed by atoms with Crippen LogP contribution in [0.25, 0.3) is 0 Å². The van der Waals surface area contributed by atoms with Crippen LogP contribution < -0.4 is 4.90 Å². The molecule has 0 aliphatic heterocycles. The summed E-state index contributed by atoms with van der Waals surface area (Å²) in [5.74, 6) is 0. The van der Waals surface area contributed by atoms with E-state index in [1.54, 1.807) is 0 Å². The molecular weight excluding hydrogens is 158 g/mol. The SMILES string of the molecule is CCCN(C)c1ccc(CC)cc1. The van der Waals surface area contributed by atoms with Crippen molar-refractivity contribution in [2.45, 2.75) is 26.7 Å². The van der Waals surface area contributed by atoms with Crippen molar-refractivity contribution in [3.8, 4) is 0 Å². The second-order valence-electron chi connectivity index (χ2n) is 3.44. The van der Waals surface area contributed by atoms with E-state index < -0.39 is 0 Å². The van der Waals surface area contributed by atoms with Crippen LogP contribution in [-0.4, -0.2) is 13.6 Å². The van der Waals surface area contributed by atoms with Crippen molar-refractivity contribution in [1.29, 1.82) is 0 Å². The van der Waals surface area contributed by atoms with Crippen molar-refractivity contribution >= 4 is 5.69 Å². The molecule has 0 saturated carbocycles. The van der Waals surface area contributed by atoms with E-state index in [9.17, 15) is 0 Å². The molecule has 0 aliphatic carbocycles. The van der Waals surface area contributed by atoms with Gasteiger partial charge in [0.15, 0.2) is 0 Å². The van der Waals surface area contributed by atoms with Crippen LogP contribution in [0.3, 0.4) is 0 Å². The molecule has 0 saturated heterocycles. The molecule has 0 aliphatic rings. The van der Waals surface area contributed by atoms with Crippen molar-refractivity contribution in [1.82, 2.24) is 0 Å². The summed E-state index contributed by atoms with van der Waals surface area (Å²) in [7, 11) is 2.14. The van der Waals surface area contributed by atoms with Gasteiger partial charge in [0.25, 0.3) is 0 Å². The van der Waals surface area contributed by atoms with Gasteiger partial charge in [0, 0.05) is 19.3 Å². The van der Waals surface area contributed by atoms with E-state index in [1.807, 2.05) is 0 Å². The average molecular weight is 177 g/mol. The van der Waals surface area contributed by atoms with Gasteiger partial charge in [0.05, 0.1) is 0 Å². The summed E-state index contributed by atoms with van der Waals surface area (Å²) in [6.07, 6.45) is 2.32. The summed E-state index contributed by atoms with van der Waals surface area (Å²) in [5, 5.41) is 0. The first-order valence-corrected chi connectivity index (χ1v) is 5.08. The minimum Gasteiger partial charge on any atom is -0.375 e. The Balaban J connectivity index is 2.67. The second kappa shape index (κ2) is 4.90. The number of hydrogen-bond acceptors (Lipinski definition) is 1. The lowest BCUT2D eigenvalue weighted by atomic mass is 10.1. The predicted molar refractivity (Wildman–Crippen MR) is 59.4 cm³/mol. The van der Waals surface area contributed by atoms with Gasteiger partial charge in [-0.1, -0.05) is 26.0 Å². The smallest absolute Gasteiger partial charge is 0.0363 e. The van der Waals surface area contributed by atoms with E-state index in [0.717, 1.165) is 13.0 Å². The van der Waals surface area contributed by atoms with Crippen LogP contribution >= 0.6 is 0 Å². The van der Waals surface area contributed by atoms with Gasteiger partial charge >= 0.3 is 0 Å². The fraction of sp³-hybridized carbons (Fsp3) is 0.500. The highest BCUT2D eigenvalue weighted by molar-refractivity contribution is 5.46. The summed E-state index contributed by atoms with van der Waals surface area (Å²) in [6.45, 7) is 5.52. The Kier molecular flexibility index (Phi) is 3.81. The van der Waals surface area contributed by atoms with Gasteiger partial charge in [-0.05, 0) is 30.5 Å². The molecule has 1 heteroatoms. The number of aryl methyl sites for hydroxylation is 1. The average Bonchev–Trinajstić information content (AvgIpc) is 2.18. The first-order chi connectivity index (χ1) is 6.27. The van der Waals surface area contributed by atoms with Crippen LogP contribution in [0.5, 0.6) is 0 Å². The molecule has 0 spiro atoms. The third kappa shape index (κ3) is 2.76. The lowest BCUT2D eigenvalue weighted by Gasteiger charge is -2.18. The number of anilines is 1. The molecule has 72 valence electrons. The van der Waals surface area contributed by atoms with Crippen LogP contribution in [0, 0.1) is 0 Å². The zero-order valence-corrected chi connectivity index (χ0v) is 8.88. The summed E-state index contributed by atoms with van der Waals surface area (Å²) in [4.78, 5) is 2.29. The number of nitrogens with zero attached hydrogens (tertiary/aromatic N) is 1. The van der Waals surface area contributed by atoms with Gasteiger partial charge in [-0.2, -0.15) is 0 Å². The van der Waals surface area contributed by atoms with Gasteiger partial charge in [-0.3, -0.25) is 0 Å². The Bertz CT molecular complexity index is 238. The molecular formula is C12H19N. The van der Waals surface area contributed by atoms with E-state index in [1.165, 1.54) is 17.7 Å². The molecule has 0 heterocycles. The fourth-order valence-electron chi connectivity index (χ4n) is 1.45. The normalized spacial score (nSPS) is 10.1. The van der Waals surface area contributed by atoms with Crippen LogP contribution in [-0.2, 0) is 6.42 Å². The monoisotopic (exact) mass is 177 g/mol. The van der Waals surface area contributed by atoms with Crippen LogP contribution in [0.4, 0.5) is 5.69 Å². The molecule has 0 atom stereocenters. The first kappa shape index (κ1) is 10.1. The summed E-state index contributed by atoms with van der Waals surface area (Å²) < 4.78 is 0. The van der Waals surface area contributed by atoms with Crippen molar-refractivity contribution in [2.24, 2.45) is 0 Å². The summed E-state index contributed by atoms with van der Waals surface area (Å²) in [5.41, 5.74) is 2.73. The molecule has 1 rings (SSSR count). The number of rotatable bonds is 4.